The molecule has 0 spiro atoms. The van der Waals surface area contributed by atoms with Gasteiger partial charge in [0.25, 0.3) is 0 Å². The molecule has 63 heavy (non-hydrogen) atoms. The zero-order chi connectivity index (χ0) is 46.4. The number of quaternary nitrogens is 1. The third-order valence-corrected chi connectivity index (χ3v) is 13.4. The van der Waals surface area contributed by atoms with E-state index in [9.17, 15) is 19.4 Å². The summed E-state index contributed by atoms with van der Waals surface area (Å²) in [5, 5.41) is 13.9. The number of carbonyl (C=O) groups is 1. The molecule has 3 N–H and O–H groups in total. The van der Waals surface area contributed by atoms with Crippen molar-refractivity contribution in [3.05, 3.63) is 24.3 Å². The first-order chi connectivity index (χ1) is 30.5. The molecule has 3 atom stereocenters. The van der Waals surface area contributed by atoms with E-state index >= 15 is 0 Å². The molecule has 0 fully saturated rings. The average molecular weight is 912 g/mol. The third kappa shape index (κ3) is 48.7. The standard InChI is InChI=1S/C54H107N2O6P/c1-6-8-10-12-14-16-18-20-22-24-26-27-28-29-30-32-34-36-38-40-42-44-46-48-54(58)55-52(51-62-63(59,60)61-50-49-56(3,4)5)53(57)47-45-43-41-39-37-35-33-31-25-23-21-19-17-15-13-11-9-7-2/h24,26,45,47,52-53,57H,6-23,25,27-44,46,48-51H2,1-5H3,(H-,55,58,59,60)/p+1/b26-24-,47-45+. The molecule has 0 aliphatic rings. The number of phosphoric ester groups is 1. The molecule has 0 saturated heterocycles. The van der Waals surface area contributed by atoms with Crippen molar-refractivity contribution in [1.82, 2.24) is 5.32 Å². The molecule has 0 aliphatic heterocycles. The van der Waals surface area contributed by atoms with Gasteiger partial charge in [-0.1, -0.05) is 237 Å². The van der Waals surface area contributed by atoms with E-state index in [2.05, 4.69) is 31.3 Å². The molecule has 1 amide bonds. The van der Waals surface area contributed by atoms with E-state index in [1.165, 1.54) is 205 Å². The van der Waals surface area contributed by atoms with Gasteiger partial charge in [-0.2, -0.15) is 0 Å². The van der Waals surface area contributed by atoms with Crippen LogP contribution in [0.25, 0.3) is 0 Å². The van der Waals surface area contributed by atoms with Gasteiger partial charge in [0.2, 0.25) is 5.91 Å². The fraction of sp³-hybridized carbons (Fsp3) is 0.907. The predicted octanol–water partition coefficient (Wildman–Crippen LogP) is 16.0. The van der Waals surface area contributed by atoms with Crippen molar-refractivity contribution in [2.24, 2.45) is 0 Å². The number of unbranched alkanes of at least 4 members (excludes halogenated alkanes) is 35. The van der Waals surface area contributed by atoms with E-state index in [-0.39, 0.29) is 19.1 Å². The lowest BCUT2D eigenvalue weighted by Crippen LogP contribution is -2.45. The van der Waals surface area contributed by atoms with Gasteiger partial charge in [0.15, 0.2) is 0 Å². The van der Waals surface area contributed by atoms with E-state index in [1.54, 1.807) is 6.08 Å². The molecule has 0 radical (unpaired) electrons. The lowest BCUT2D eigenvalue weighted by Gasteiger charge is -2.25. The van der Waals surface area contributed by atoms with E-state index in [4.69, 9.17) is 9.05 Å². The molecule has 0 aromatic carbocycles. The second-order valence-corrected chi connectivity index (χ2v) is 21.4. The zero-order valence-electron chi connectivity index (χ0n) is 42.6. The average Bonchev–Trinajstić information content (AvgIpc) is 3.24. The van der Waals surface area contributed by atoms with Crippen LogP contribution in [-0.2, 0) is 18.4 Å². The first kappa shape index (κ1) is 62.0. The number of nitrogens with one attached hydrogen (secondary N) is 1. The monoisotopic (exact) mass is 912 g/mol. The fourth-order valence-corrected chi connectivity index (χ4v) is 8.83. The number of allylic oxidation sites excluding steroid dienone is 3. The minimum atomic E-state index is -4.34. The lowest BCUT2D eigenvalue weighted by molar-refractivity contribution is -0.870. The maximum Gasteiger partial charge on any atom is 0.472 e. The van der Waals surface area contributed by atoms with Crippen LogP contribution in [0.4, 0.5) is 0 Å². The molecule has 0 saturated carbocycles. The van der Waals surface area contributed by atoms with Gasteiger partial charge in [-0.25, -0.2) is 4.57 Å². The summed E-state index contributed by atoms with van der Waals surface area (Å²) >= 11 is 0. The van der Waals surface area contributed by atoms with Gasteiger partial charge < -0.3 is 19.8 Å². The van der Waals surface area contributed by atoms with Gasteiger partial charge >= 0.3 is 7.82 Å². The quantitative estimate of drug-likeness (QED) is 0.0243. The summed E-state index contributed by atoms with van der Waals surface area (Å²) < 4.78 is 23.7. The van der Waals surface area contributed by atoms with Crippen LogP contribution in [0.15, 0.2) is 24.3 Å². The summed E-state index contributed by atoms with van der Waals surface area (Å²) in [6.45, 7) is 4.85. The largest absolute Gasteiger partial charge is 0.472 e. The minimum Gasteiger partial charge on any atom is -0.387 e. The van der Waals surface area contributed by atoms with Gasteiger partial charge in [0.05, 0.1) is 39.9 Å². The molecule has 0 rings (SSSR count). The number of hydrogen-bond acceptors (Lipinski definition) is 5. The number of carbonyl (C=O) groups excluding carboxylic acids is 1. The fourth-order valence-electron chi connectivity index (χ4n) is 8.10. The first-order valence-corrected chi connectivity index (χ1v) is 28.7. The Morgan fingerprint density at radius 2 is 0.857 bits per heavy atom. The normalized spacial score (nSPS) is 14.2. The van der Waals surface area contributed by atoms with E-state index in [0.29, 0.717) is 17.4 Å². The van der Waals surface area contributed by atoms with E-state index < -0.39 is 20.0 Å². The van der Waals surface area contributed by atoms with Crippen molar-refractivity contribution in [2.75, 3.05) is 40.9 Å². The highest BCUT2D eigenvalue weighted by molar-refractivity contribution is 7.47. The van der Waals surface area contributed by atoms with E-state index in [1.807, 2.05) is 27.2 Å². The van der Waals surface area contributed by atoms with Crippen molar-refractivity contribution < 1.29 is 32.9 Å². The zero-order valence-corrected chi connectivity index (χ0v) is 43.5. The maximum absolute atomic E-state index is 13.0. The van der Waals surface area contributed by atoms with Crippen molar-refractivity contribution in [1.29, 1.82) is 0 Å². The van der Waals surface area contributed by atoms with Gasteiger partial charge in [0, 0.05) is 6.42 Å². The van der Waals surface area contributed by atoms with Crippen LogP contribution in [0.5, 0.6) is 0 Å². The number of aliphatic hydroxyl groups excluding tert-OH is 1. The van der Waals surface area contributed by atoms with E-state index in [0.717, 1.165) is 38.5 Å². The predicted molar refractivity (Wildman–Crippen MR) is 272 cm³/mol. The molecule has 0 aromatic rings. The molecule has 0 aromatic heterocycles. The number of aliphatic hydroxyl groups is 1. The van der Waals surface area contributed by atoms with Crippen LogP contribution in [0, 0.1) is 0 Å². The number of hydrogen-bond donors (Lipinski definition) is 3. The Labute approximate surface area is 392 Å². The van der Waals surface area contributed by atoms with Crippen LogP contribution in [-0.4, -0.2) is 73.4 Å². The van der Waals surface area contributed by atoms with Crippen molar-refractivity contribution >= 4 is 13.7 Å². The SMILES string of the molecule is CCCCCCCCCC/C=C\CCCCCCCCCCCCCC(=O)NC(COP(=O)(O)OCC[N+](C)(C)C)C(O)/C=C/CCCCCCCCCCCCCCCCCC. The van der Waals surface area contributed by atoms with Crippen LogP contribution >= 0.6 is 7.82 Å². The molecule has 9 heteroatoms. The van der Waals surface area contributed by atoms with Crippen molar-refractivity contribution in [2.45, 2.75) is 276 Å². The maximum atomic E-state index is 13.0. The van der Waals surface area contributed by atoms with Gasteiger partial charge in [0.1, 0.15) is 13.2 Å². The molecule has 0 bridgehead atoms. The second kappa shape index (κ2) is 46.1. The van der Waals surface area contributed by atoms with Crippen LogP contribution < -0.4 is 5.32 Å². The molecule has 0 heterocycles. The number of rotatable bonds is 50. The number of nitrogens with zero attached hydrogens (tertiary/aromatic N) is 1. The Hall–Kier alpha value is -1.02. The summed E-state index contributed by atoms with van der Waals surface area (Å²) in [4.78, 5) is 23.3. The Balaban J connectivity index is 4.24. The second-order valence-electron chi connectivity index (χ2n) is 20.0. The molecule has 3 unspecified atom stereocenters. The van der Waals surface area contributed by atoms with Crippen LogP contribution in [0.2, 0.25) is 0 Å². The first-order valence-electron chi connectivity index (χ1n) is 27.2. The molecular formula is C54H108N2O6P+. The van der Waals surface area contributed by atoms with Crippen molar-refractivity contribution in [3.63, 3.8) is 0 Å². The molecule has 8 nitrogen and oxygen atoms in total. The highest BCUT2D eigenvalue weighted by Gasteiger charge is 2.27. The summed E-state index contributed by atoms with van der Waals surface area (Å²) in [5.41, 5.74) is 0. The Bertz CT molecular complexity index is 1080. The molecule has 374 valence electrons. The Morgan fingerprint density at radius 1 is 0.524 bits per heavy atom. The van der Waals surface area contributed by atoms with Gasteiger partial charge in [-0.05, 0) is 44.9 Å². The molecular weight excluding hydrogens is 804 g/mol. The summed E-state index contributed by atoms with van der Waals surface area (Å²) in [6.07, 6.45) is 56.9. The number of likely N-dealkylation sites (N-methyl/N-ethyl adjacent to an activating group) is 1. The van der Waals surface area contributed by atoms with Crippen LogP contribution in [0.3, 0.4) is 0 Å². The van der Waals surface area contributed by atoms with Crippen molar-refractivity contribution in [3.8, 4) is 0 Å². The number of phosphoric acid groups is 1. The summed E-state index contributed by atoms with van der Waals surface area (Å²) in [7, 11) is 1.58. The minimum absolute atomic E-state index is 0.0631. The smallest absolute Gasteiger partial charge is 0.387 e. The third-order valence-electron chi connectivity index (χ3n) is 12.4. The summed E-state index contributed by atoms with van der Waals surface area (Å²) in [5.74, 6) is -0.174. The van der Waals surface area contributed by atoms with Crippen LogP contribution in [0.1, 0.15) is 264 Å². The summed E-state index contributed by atoms with van der Waals surface area (Å²) in [6, 6.07) is -0.844. The molecule has 0 aliphatic carbocycles. The highest BCUT2D eigenvalue weighted by Crippen LogP contribution is 2.43. The van der Waals surface area contributed by atoms with Gasteiger partial charge in [-0.3, -0.25) is 13.8 Å². The Morgan fingerprint density at radius 3 is 1.22 bits per heavy atom. The topological polar surface area (TPSA) is 105 Å². The highest BCUT2D eigenvalue weighted by atomic mass is 31.2. The number of amides is 1. The lowest BCUT2D eigenvalue weighted by atomic mass is 10.0. The Kier molecular flexibility index (Phi) is 45.4. The van der Waals surface area contributed by atoms with Gasteiger partial charge in [-0.15, -0.1) is 0 Å².